The molecule has 3 nitrogen and oxygen atoms in total. The van der Waals surface area contributed by atoms with Crippen molar-refractivity contribution in [1.29, 1.82) is 0 Å². The molecular formula is C15H24BrNO2. The maximum absolute atomic E-state index is 5.84. The van der Waals surface area contributed by atoms with E-state index in [-0.39, 0.29) is 0 Å². The van der Waals surface area contributed by atoms with Crippen LogP contribution in [0.3, 0.4) is 0 Å². The van der Waals surface area contributed by atoms with Gasteiger partial charge in [0.1, 0.15) is 0 Å². The van der Waals surface area contributed by atoms with E-state index >= 15 is 0 Å². The van der Waals surface area contributed by atoms with Gasteiger partial charge in [0.25, 0.3) is 0 Å². The van der Waals surface area contributed by atoms with Gasteiger partial charge in [0, 0.05) is 22.6 Å². The molecule has 1 aromatic carbocycles. The smallest absolute Gasteiger partial charge is 0.165 e. The van der Waals surface area contributed by atoms with Gasteiger partial charge in [0.05, 0.1) is 13.7 Å². The molecule has 0 saturated heterocycles. The molecule has 1 aromatic rings. The summed E-state index contributed by atoms with van der Waals surface area (Å²) in [6.07, 6.45) is 2.09. The molecular weight excluding hydrogens is 306 g/mol. The number of rotatable bonds is 8. The number of nitrogens with one attached hydrogen (secondary N) is 1. The van der Waals surface area contributed by atoms with Crippen LogP contribution in [0.2, 0.25) is 0 Å². The Morgan fingerprint density at radius 3 is 2.63 bits per heavy atom. The third-order valence-corrected chi connectivity index (χ3v) is 3.48. The van der Waals surface area contributed by atoms with Crippen LogP contribution in [-0.4, -0.2) is 19.8 Å². The van der Waals surface area contributed by atoms with Gasteiger partial charge in [-0.3, -0.25) is 0 Å². The molecule has 0 radical (unpaired) electrons. The highest BCUT2D eigenvalue weighted by Crippen LogP contribution is 2.35. The molecule has 0 bridgehead atoms. The second-order valence-corrected chi connectivity index (χ2v) is 5.55. The summed E-state index contributed by atoms with van der Waals surface area (Å²) >= 11 is 3.52. The first-order valence-electron chi connectivity index (χ1n) is 6.84. The lowest BCUT2D eigenvalue weighted by atomic mass is 10.1. The molecule has 0 aliphatic carbocycles. The van der Waals surface area contributed by atoms with Crippen LogP contribution in [0.5, 0.6) is 11.5 Å². The van der Waals surface area contributed by atoms with Gasteiger partial charge in [-0.25, -0.2) is 0 Å². The van der Waals surface area contributed by atoms with Crippen molar-refractivity contribution >= 4 is 15.9 Å². The minimum Gasteiger partial charge on any atom is -0.493 e. The normalized spacial score (nSPS) is 12.3. The molecule has 1 rings (SSSR count). The zero-order valence-corrected chi connectivity index (χ0v) is 13.8. The summed E-state index contributed by atoms with van der Waals surface area (Å²) in [5.74, 6) is 1.63. The summed E-state index contributed by atoms with van der Waals surface area (Å²) in [5.41, 5.74) is 1.12. The Morgan fingerprint density at radius 2 is 2.05 bits per heavy atom. The molecule has 4 heteroatoms. The van der Waals surface area contributed by atoms with Crippen LogP contribution in [0.25, 0.3) is 0 Å². The largest absolute Gasteiger partial charge is 0.493 e. The van der Waals surface area contributed by atoms with E-state index in [0.717, 1.165) is 40.9 Å². The van der Waals surface area contributed by atoms with Gasteiger partial charge in [0.15, 0.2) is 11.5 Å². The number of hydrogen-bond acceptors (Lipinski definition) is 3. The summed E-state index contributed by atoms with van der Waals surface area (Å²) in [4.78, 5) is 0. The summed E-state index contributed by atoms with van der Waals surface area (Å²) < 4.78 is 12.3. The van der Waals surface area contributed by atoms with Gasteiger partial charge >= 0.3 is 0 Å². The number of hydrogen-bond donors (Lipinski definition) is 1. The third kappa shape index (κ3) is 5.03. The second kappa shape index (κ2) is 8.43. The lowest BCUT2D eigenvalue weighted by molar-refractivity contribution is 0.290. The van der Waals surface area contributed by atoms with Crippen molar-refractivity contribution in [3.63, 3.8) is 0 Å². The van der Waals surface area contributed by atoms with Crippen LogP contribution >= 0.6 is 15.9 Å². The van der Waals surface area contributed by atoms with E-state index in [2.05, 4.69) is 48.1 Å². The number of benzene rings is 1. The molecule has 0 aliphatic heterocycles. The van der Waals surface area contributed by atoms with Crippen molar-refractivity contribution in [3.8, 4) is 11.5 Å². The maximum Gasteiger partial charge on any atom is 0.165 e. The molecule has 0 amide bonds. The summed E-state index contributed by atoms with van der Waals surface area (Å²) in [6.45, 7) is 7.94. The highest BCUT2D eigenvalue weighted by atomic mass is 79.9. The van der Waals surface area contributed by atoms with Crippen molar-refractivity contribution in [2.45, 2.75) is 46.2 Å². The molecule has 0 fully saturated rings. The zero-order valence-electron chi connectivity index (χ0n) is 12.3. The lowest BCUT2D eigenvalue weighted by Gasteiger charge is -2.17. The van der Waals surface area contributed by atoms with Crippen LogP contribution < -0.4 is 14.8 Å². The molecule has 1 atom stereocenters. The SMILES string of the molecule is CCCOc1c(CN[C@@H](C)CC)cc(Br)cc1OC. The van der Waals surface area contributed by atoms with Gasteiger partial charge < -0.3 is 14.8 Å². The Hall–Kier alpha value is -0.740. The Balaban J connectivity index is 2.94. The van der Waals surface area contributed by atoms with Crippen LogP contribution in [-0.2, 0) is 6.54 Å². The van der Waals surface area contributed by atoms with Crippen LogP contribution in [0.15, 0.2) is 16.6 Å². The molecule has 0 aliphatic rings. The second-order valence-electron chi connectivity index (χ2n) is 4.63. The van der Waals surface area contributed by atoms with Crippen molar-refractivity contribution in [3.05, 3.63) is 22.2 Å². The monoisotopic (exact) mass is 329 g/mol. The van der Waals surface area contributed by atoms with E-state index in [9.17, 15) is 0 Å². The minimum absolute atomic E-state index is 0.490. The van der Waals surface area contributed by atoms with Crippen molar-refractivity contribution < 1.29 is 9.47 Å². The average molecular weight is 330 g/mol. The Morgan fingerprint density at radius 1 is 1.32 bits per heavy atom. The van der Waals surface area contributed by atoms with Crippen LogP contribution in [0.1, 0.15) is 39.2 Å². The maximum atomic E-state index is 5.84. The predicted octanol–water partition coefficient (Wildman–Crippen LogP) is 4.13. The molecule has 0 saturated carbocycles. The van der Waals surface area contributed by atoms with Crippen molar-refractivity contribution in [2.75, 3.05) is 13.7 Å². The van der Waals surface area contributed by atoms with Gasteiger partial charge in [-0.1, -0.05) is 29.8 Å². The van der Waals surface area contributed by atoms with E-state index < -0.39 is 0 Å². The number of ether oxygens (including phenoxy) is 2. The van der Waals surface area contributed by atoms with Gasteiger partial charge in [0.2, 0.25) is 0 Å². The van der Waals surface area contributed by atoms with E-state index in [1.807, 2.05) is 6.07 Å². The molecule has 1 N–H and O–H groups in total. The lowest BCUT2D eigenvalue weighted by Crippen LogP contribution is -2.24. The Kier molecular flexibility index (Phi) is 7.24. The fourth-order valence-corrected chi connectivity index (χ4v) is 2.19. The quantitative estimate of drug-likeness (QED) is 0.777. The molecule has 0 aromatic heterocycles. The highest BCUT2D eigenvalue weighted by Gasteiger charge is 2.13. The molecule has 0 heterocycles. The first kappa shape index (κ1) is 16.3. The standard InChI is InChI=1S/C15H24BrNO2/c1-5-7-19-15-12(10-17-11(3)6-2)8-13(16)9-14(15)18-4/h8-9,11,17H,5-7,10H2,1-4H3/t11-/m0/s1. The Bertz CT molecular complexity index is 396. The first-order chi connectivity index (χ1) is 9.12. The average Bonchev–Trinajstić information content (AvgIpc) is 2.42. The van der Waals surface area contributed by atoms with Gasteiger partial charge in [-0.15, -0.1) is 0 Å². The van der Waals surface area contributed by atoms with Crippen molar-refractivity contribution in [2.24, 2.45) is 0 Å². The summed E-state index contributed by atoms with van der Waals surface area (Å²) in [7, 11) is 1.67. The highest BCUT2D eigenvalue weighted by molar-refractivity contribution is 9.10. The van der Waals surface area contributed by atoms with E-state index in [4.69, 9.17) is 9.47 Å². The fraction of sp³-hybridized carbons (Fsp3) is 0.600. The topological polar surface area (TPSA) is 30.5 Å². The van der Waals surface area contributed by atoms with E-state index in [1.165, 1.54) is 0 Å². The van der Waals surface area contributed by atoms with Crippen molar-refractivity contribution in [1.82, 2.24) is 5.32 Å². The van der Waals surface area contributed by atoms with Crippen LogP contribution in [0, 0.1) is 0 Å². The molecule has 108 valence electrons. The molecule has 0 unspecified atom stereocenters. The zero-order chi connectivity index (χ0) is 14.3. The third-order valence-electron chi connectivity index (χ3n) is 3.02. The predicted molar refractivity (Wildman–Crippen MR) is 83.1 cm³/mol. The Labute approximate surface area is 124 Å². The number of methoxy groups -OCH3 is 1. The molecule has 19 heavy (non-hydrogen) atoms. The van der Waals surface area contributed by atoms with Gasteiger partial charge in [-0.2, -0.15) is 0 Å². The fourth-order valence-electron chi connectivity index (χ4n) is 1.70. The van der Waals surface area contributed by atoms with E-state index in [1.54, 1.807) is 7.11 Å². The number of halogens is 1. The summed E-state index contributed by atoms with van der Waals surface area (Å²) in [6, 6.07) is 4.52. The van der Waals surface area contributed by atoms with Crippen LogP contribution in [0.4, 0.5) is 0 Å². The van der Waals surface area contributed by atoms with E-state index in [0.29, 0.717) is 12.6 Å². The molecule has 0 spiro atoms. The summed E-state index contributed by atoms with van der Waals surface area (Å²) in [5, 5.41) is 3.49. The first-order valence-corrected chi connectivity index (χ1v) is 7.64. The minimum atomic E-state index is 0.490. The van der Waals surface area contributed by atoms with Gasteiger partial charge in [-0.05, 0) is 31.9 Å².